The van der Waals surface area contributed by atoms with Gasteiger partial charge in [0.1, 0.15) is 9.84 Å². The molecule has 0 bridgehead atoms. The first-order chi connectivity index (χ1) is 9.92. The Balaban J connectivity index is 2.78. The van der Waals surface area contributed by atoms with Crippen molar-refractivity contribution in [3.05, 3.63) is 29.8 Å². The molecule has 0 spiro atoms. The number of hydrogen-bond acceptors (Lipinski definition) is 4. The third kappa shape index (κ3) is 5.42. The molecule has 0 aliphatic heterocycles. The van der Waals surface area contributed by atoms with Crippen molar-refractivity contribution in [1.29, 1.82) is 0 Å². The van der Waals surface area contributed by atoms with E-state index in [0.717, 1.165) is 11.9 Å². The topological polar surface area (TPSA) is 80.5 Å². The quantitative estimate of drug-likeness (QED) is 0.893. The Kier molecular flexibility index (Phi) is 5.76. The highest BCUT2D eigenvalue weighted by Gasteiger charge is 2.21. The second-order valence-electron chi connectivity index (χ2n) is 6.72. The second-order valence-corrected chi connectivity index (χ2v) is 8.98. The third-order valence-electron chi connectivity index (χ3n) is 3.57. The maximum absolute atomic E-state index is 12.2. The molecule has 0 aliphatic carbocycles. The van der Waals surface area contributed by atoms with E-state index in [2.05, 4.69) is 20.8 Å². The lowest BCUT2D eigenvalue weighted by Gasteiger charge is -2.23. The summed E-state index contributed by atoms with van der Waals surface area (Å²) in [5, 5.41) is 0. The van der Waals surface area contributed by atoms with Crippen LogP contribution >= 0.6 is 0 Å². The summed E-state index contributed by atoms with van der Waals surface area (Å²) in [5.74, 6) is -0.372. The number of likely N-dealkylation sites (N-methyl/N-ethyl adjacent to an activating group) is 1. The van der Waals surface area contributed by atoms with Crippen LogP contribution in [-0.2, 0) is 20.0 Å². The van der Waals surface area contributed by atoms with E-state index in [1.165, 1.54) is 10.5 Å². The Morgan fingerprint density at radius 1 is 1.23 bits per heavy atom. The van der Waals surface area contributed by atoms with Gasteiger partial charge in [-0.15, -0.1) is 0 Å². The average molecular weight is 326 g/mol. The van der Waals surface area contributed by atoms with E-state index in [1.54, 1.807) is 7.05 Å². The lowest BCUT2D eigenvalue weighted by molar-refractivity contribution is -0.119. The molecule has 1 atom stereocenters. The maximum Gasteiger partial charge on any atom is 0.243 e. The third-order valence-corrected chi connectivity index (χ3v) is 4.55. The molecule has 124 valence electrons. The minimum atomic E-state index is -3.12. The van der Waals surface area contributed by atoms with Gasteiger partial charge in [-0.2, -0.15) is 0 Å². The van der Waals surface area contributed by atoms with E-state index in [4.69, 9.17) is 5.73 Å². The van der Waals surface area contributed by atoms with E-state index in [1.807, 2.05) is 24.3 Å². The molecule has 0 radical (unpaired) electrons. The van der Waals surface area contributed by atoms with E-state index >= 15 is 0 Å². The largest absolute Gasteiger partial charge is 0.320 e. The fraction of sp³-hybridized carbons (Fsp3) is 0.562. The standard InChI is InChI=1S/C16H26N2O3S/c1-16(2,3)12-6-8-13(9-7-12)18(4)15(19)14(17)10-11-22(5,20)21/h6-9,14H,10-11,17H2,1-5H3. The lowest BCUT2D eigenvalue weighted by Crippen LogP contribution is -2.42. The summed E-state index contributed by atoms with van der Waals surface area (Å²) >= 11 is 0. The van der Waals surface area contributed by atoms with Crippen LogP contribution in [0.5, 0.6) is 0 Å². The van der Waals surface area contributed by atoms with Gasteiger partial charge in [0.15, 0.2) is 0 Å². The first-order valence-corrected chi connectivity index (χ1v) is 9.29. The van der Waals surface area contributed by atoms with Crippen molar-refractivity contribution < 1.29 is 13.2 Å². The highest BCUT2D eigenvalue weighted by molar-refractivity contribution is 7.90. The lowest BCUT2D eigenvalue weighted by atomic mass is 9.87. The van der Waals surface area contributed by atoms with Crippen LogP contribution in [0.1, 0.15) is 32.8 Å². The number of rotatable bonds is 5. The molecule has 2 N–H and O–H groups in total. The average Bonchev–Trinajstić information content (AvgIpc) is 2.41. The number of carbonyl (C=O) groups excluding carboxylic acids is 1. The predicted octanol–water partition coefficient (Wildman–Crippen LogP) is 1.71. The molecule has 1 rings (SSSR count). The predicted molar refractivity (Wildman–Crippen MR) is 90.9 cm³/mol. The molecular formula is C16H26N2O3S. The number of anilines is 1. The molecule has 1 amide bonds. The Morgan fingerprint density at radius 3 is 2.14 bits per heavy atom. The smallest absolute Gasteiger partial charge is 0.243 e. The van der Waals surface area contributed by atoms with Crippen LogP contribution in [-0.4, -0.2) is 39.4 Å². The molecule has 22 heavy (non-hydrogen) atoms. The molecular weight excluding hydrogens is 300 g/mol. The zero-order chi connectivity index (χ0) is 17.1. The van der Waals surface area contributed by atoms with Crippen molar-refractivity contribution in [2.24, 2.45) is 5.73 Å². The fourth-order valence-electron chi connectivity index (χ4n) is 2.03. The number of hydrogen-bond donors (Lipinski definition) is 1. The normalized spacial score (nSPS) is 13.7. The molecule has 0 saturated carbocycles. The Hall–Kier alpha value is -1.40. The van der Waals surface area contributed by atoms with Crippen molar-refractivity contribution in [3.63, 3.8) is 0 Å². The summed E-state index contributed by atoms with van der Waals surface area (Å²) in [6, 6.07) is 6.91. The highest BCUT2D eigenvalue weighted by atomic mass is 32.2. The number of amides is 1. The van der Waals surface area contributed by atoms with Crippen molar-refractivity contribution in [2.75, 3.05) is 24.0 Å². The van der Waals surface area contributed by atoms with Gasteiger partial charge in [-0.3, -0.25) is 4.79 Å². The molecule has 6 heteroatoms. The molecule has 0 fully saturated rings. The summed E-state index contributed by atoms with van der Waals surface area (Å²) in [7, 11) is -1.47. The molecule has 0 aliphatic rings. The summed E-state index contributed by atoms with van der Waals surface area (Å²) in [4.78, 5) is 13.7. The number of sulfone groups is 1. The van der Waals surface area contributed by atoms with E-state index in [0.29, 0.717) is 0 Å². The van der Waals surface area contributed by atoms with Crippen molar-refractivity contribution in [3.8, 4) is 0 Å². The second kappa shape index (κ2) is 6.79. The molecule has 1 unspecified atom stereocenters. The van der Waals surface area contributed by atoms with Crippen LogP contribution in [0.4, 0.5) is 5.69 Å². The van der Waals surface area contributed by atoms with Crippen molar-refractivity contribution >= 4 is 21.4 Å². The van der Waals surface area contributed by atoms with Gasteiger partial charge in [0.2, 0.25) is 5.91 Å². The van der Waals surface area contributed by atoms with Gasteiger partial charge in [0, 0.05) is 19.0 Å². The molecule has 1 aromatic carbocycles. The van der Waals surface area contributed by atoms with Crippen LogP contribution < -0.4 is 10.6 Å². The number of benzene rings is 1. The number of nitrogens with two attached hydrogens (primary N) is 1. The fourth-order valence-corrected chi connectivity index (χ4v) is 2.71. The van der Waals surface area contributed by atoms with Gasteiger partial charge in [-0.25, -0.2) is 8.42 Å². The summed E-state index contributed by atoms with van der Waals surface area (Å²) in [6.07, 6.45) is 1.27. The minimum Gasteiger partial charge on any atom is -0.320 e. The first kappa shape index (κ1) is 18.6. The Morgan fingerprint density at radius 2 is 1.73 bits per heavy atom. The number of carbonyl (C=O) groups is 1. The van der Waals surface area contributed by atoms with Gasteiger partial charge < -0.3 is 10.6 Å². The minimum absolute atomic E-state index is 0.0486. The van der Waals surface area contributed by atoms with E-state index < -0.39 is 15.9 Å². The van der Waals surface area contributed by atoms with Crippen LogP contribution in [0.15, 0.2) is 24.3 Å². The zero-order valence-electron chi connectivity index (χ0n) is 14.0. The van der Waals surface area contributed by atoms with Crippen molar-refractivity contribution in [1.82, 2.24) is 0 Å². The molecule has 0 saturated heterocycles. The monoisotopic (exact) mass is 326 g/mol. The van der Waals surface area contributed by atoms with E-state index in [9.17, 15) is 13.2 Å². The van der Waals surface area contributed by atoms with Gasteiger partial charge in [-0.1, -0.05) is 32.9 Å². The SMILES string of the molecule is CN(C(=O)C(N)CCS(C)(=O)=O)c1ccc(C(C)(C)C)cc1. The van der Waals surface area contributed by atoms with Crippen LogP contribution in [0.3, 0.4) is 0 Å². The highest BCUT2D eigenvalue weighted by Crippen LogP contribution is 2.24. The van der Waals surface area contributed by atoms with Gasteiger partial charge >= 0.3 is 0 Å². The maximum atomic E-state index is 12.2. The molecule has 0 heterocycles. The summed E-state index contributed by atoms with van der Waals surface area (Å²) in [5.41, 5.74) is 7.78. The Bertz CT molecular complexity index is 616. The summed E-state index contributed by atoms with van der Waals surface area (Å²) < 4.78 is 22.3. The molecule has 0 aromatic heterocycles. The Labute approximate surface area is 133 Å². The summed E-state index contributed by atoms with van der Waals surface area (Å²) in [6.45, 7) is 6.37. The van der Waals surface area contributed by atoms with E-state index in [-0.39, 0.29) is 23.5 Å². The van der Waals surface area contributed by atoms with Crippen LogP contribution in [0.25, 0.3) is 0 Å². The van der Waals surface area contributed by atoms with Crippen LogP contribution in [0, 0.1) is 0 Å². The van der Waals surface area contributed by atoms with Gasteiger partial charge in [0.05, 0.1) is 11.8 Å². The number of nitrogens with zero attached hydrogens (tertiary/aromatic N) is 1. The first-order valence-electron chi connectivity index (χ1n) is 7.23. The van der Waals surface area contributed by atoms with Crippen molar-refractivity contribution in [2.45, 2.75) is 38.6 Å². The zero-order valence-corrected chi connectivity index (χ0v) is 14.8. The molecule has 1 aromatic rings. The molecule has 5 nitrogen and oxygen atoms in total. The van der Waals surface area contributed by atoms with Gasteiger partial charge in [-0.05, 0) is 29.5 Å². The van der Waals surface area contributed by atoms with Gasteiger partial charge in [0.25, 0.3) is 0 Å². The van der Waals surface area contributed by atoms with Crippen LogP contribution in [0.2, 0.25) is 0 Å².